The highest BCUT2D eigenvalue weighted by atomic mass is 16.5. The van der Waals surface area contributed by atoms with E-state index in [1.165, 1.54) is 12.8 Å². The van der Waals surface area contributed by atoms with Gasteiger partial charge in [0, 0.05) is 12.6 Å². The summed E-state index contributed by atoms with van der Waals surface area (Å²) in [4.78, 5) is 0. The minimum absolute atomic E-state index is 0.775. The number of nitrogens with zero attached hydrogens (tertiary/aromatic N) is 2. The Bertz CT molecular complexity index is 307. The van der Waals surface area contributed by atoms with Gasteiger partial charge in [0.1, 0.15) is 0 Å². The summed E-state index contributed by atoms with van der Waals surface area (Å²) in [6.45, 7) is 4.95. The van der Waals surface area contributed by atoms with E-state index in [0.717, 1.165) is 44.3 Å². The first kappa shape index (κ1) is 11.5. The normalized spacial score (nSPS) is 15.3. The van der Waals surface area contributed by atoms with Crippen molar-refractivity contribution in [3.63, 3.8) is 0 Å². The summed E-state index contributed by atoms with van der Waals surface area (Å²) < 4.78 is 7.54. The maximum atomic E-state index is 5.61. The zero-order valence-electron chi connectivity index (χ0n) is 9.98. The topological polar surface area (TPSA) is 39.1 Å². The van der Waals surface area contributed by atoms with Gasteiger partial charge in [-0.2, -0.15) is 5.10 Å². The minimum Gasteiger partial charge on any atom is -0.490 e. The number of aryl methyl sites for hydroxylation is 1. The quantitative estimate of drug-likeness (QED) is 0.683. The first-order valence-corrected chi connectivity index (χ1v) is 6.27. The zero-order valence-corrected chi connectivity index (χ0v) is 9.98. The van der Waals surface area contributed by atoms with E-state index in [1.54, 1.807) is 6.20 Å². The molecule has 1 aromatic rings. The summed E-state index contributed by atoms with van der Waals surface area (Å²) in [5, 5.41) is 7.69. The zero-order chi connectivity index (χ0) is 11.2. The minimum atomic E-state index is 0.775. The first-order valence-electron chi connectivity index (χ1n) is 6.27. The average Bonchev–Trinajstić information content (AvgIpc) is 2.99. The van der Waals surface area contributed by atoms with Gasteiger partial charge in [-0.3, -0.25) is 4.68 Å². The van der Waals surface area contributed by atoms with Crippen LogP contribution < -0.4 is 10.1 Å². The fraction of sp³-hybridized carbons (Fsp3) is 0.750. The second-order valence-electron chi connectivity index (χ2n) is 4.37. The number of hydrogen-bond acceptors (Lipinski definition) is 3. The fourth-order valence-electron chi connectivity index (χ4n) is 1.63. The summed E-state index contributed by atoms with van der Waals surface area (Å²) in [5.41, 5.74) is 0. The third kappa shape index (κ3) is 3.85. The van der Waals surface area contributed by atoms with Gasteiger partial charge in [0.2, 0.25) is 0 Å². The van der Waals surface area contributed by atoms with E-state index in [4.69, 9.17) is 4.74 Å². The molecular formula is C12H21N3O. The molecule has 1 aromatic heterocycles. The van der Waals surface area contributed by atoms with Crippen molar-refractivity contribution in [3.05, 3.63) is 12.4 Å². The lowest BCUT2D eigenvalue weighted by molar-refractivity contribution is 0.307. The van der Waals surface area contributed by atoms with Crippen LogP contribution in [0.3, 0.4) is 0 Å². The lowest BCUT2D eigenvalue weighted by atomic mass is 10.4. The van der Waals surface area contributed by atoms with Crippen molar-refractivity contribution in [1.29, 1.82) is 0 Å². The van der Waals surface area contributed by atoms with Gasteiger partial charge in [-0.25, -0.2) is 0 Å². The van der Waals surface area contributed by atoms with Gasteiger partial charge in [-0.15, -0.1) is 0 Å². The van der Waals surface area contributed by atoms with Crippen molar-refractivity contribution in [3.8, 4) is 5.75 Å². The van der Waals surface area contributed by atoms with E-state index in [1.807, 2.05) is 10.9 Å². The van der Waals surface area contributed by atoms with Gasteiger partial charge in [0.05, 0.1) is 19.0 Å². The van der Waals surface area contributed by atoms with Crippen LogP contribution in [0.5, 0.6) is 5.75 Å². The Morgan fingerprint density at radius 2 is 2.44 bits per heavy atom. The number of nitrogens with one attached hydrogen (secondary N) is 1. The molecule has 4 nitrogen and oxygen atoms in total. The SMILES string of the molecule is CCCn1cc(OCCCNC2CC2)cn1. The molecule has 4 heteroatoms. The summed E-state index contributed by atoms with van der Waals surface area (Å²) in [6, 6.07) is 0.798. The van der Waals surface area contributed by atoms with Crippen LogP contribution in [-0.2, 0) is 6.54 Å². The van der Waals surface area contributed by atoms with Crippen molar-refractivity contribution in [2.24, 2.45) is 0 Å². The van der Waals surface area contributed by atoms with E-state index in [-0.39, 0.29) is 0 Å². The summed E-state index contributed by atoms with van der Waals surface area (Å²) in [6.07, 6.45) is 8.64. The number of aromatic nitrogens is 2. The molecule has 1 N–H and O–H groups in total. The molecule has 0 radical (unpaired) electrons. The molecule has 1 saturated carbocycles. The molecule has 2 rings (SSSR count). The molecule has 0 atom stereocenters. The number of ether oxygens (including phenoxy) is 1. The van der Waals surface area contributed by atoms with E-state index >= 15 is 0 Å². The van der Waals surface area contributed by atoms with E-state index in [9.17, 15) is 0 Å². The molecule has 1 heterocycles. The molecule has 0 aromatic carbocycles. The molecular weight excluding hydrogens is 202 g/mol. The van der Waals surface area contributed by atoms with Crippen LogP contribution in [0.4, 0.5) is 0 Å². The Hall–Kier alpha value is -1.03. The number of rotatable bonds is 8. The van der Waals surface area contributed by atoms with Crippen molar-refractivity contribution in [2.45, 2.75) is 45.2 Å². The van der Waals surface area contributed by atoms with Crippen molar-refractivity contribution >= 4 is 0 Å². The molecule has 0 spiro atoms. The van der Waals surface area contributed by atoms with Crippen LogP contribution in [0.15, 0.2) is 12.4 Å². The van der Waals surface area contributed by atoms with Crippen LogP contribution in [0, 0.1) is 0 Å². The van der Waals surface area contributed by atoms with E-state index in [2.05, 4.69) is 17.3 Å². The van der Waals surface area contributed by atoms with E-state index < -0.39 is 0 Å². The van der Waals surface area contributed by atoms with Gasteiger partial charge < -0.3 is 10.1 Å². The molecule has 0 amide bonds. The molecule has 0 saturated heterocycles. The Labute approximate surface area is 97.0 Å². The third-order valence-corrected chi connectivity index (χ3v) is 2.66. The molecule has 0 aliphatic heterocycles. The standard InChI is InChI=1S/C12H21N3O/c1-2-7-15-10-12(9-14-15)16-8-3-6-13-11-4-5-11/h9-11,13H,2-8H2,1H3. The summed E-state index contributed by atoms with van der Waals surface area (Å²) >= 11 is 0. The highest BCUT2D eigenvalue weighted by Gasteiger charge is 2.19. The highest BCUT2D eigenvalue weighted by Crippen LogP contribution is 2.18. The summed E-state index contributed by atoms with van der Waals surface area (Å²) in [7, 11) is 0. The third-order valence-electron chi connectivity index (χ3n) is 2.66. The van der Waals surface area contributed by atoms with Crippen LogP contribution in [0.2, 0.25) is 0 Å². The molecule has 0 unspecified atom stereocenters. The van der Waals surface area contributed by atoms with Gasteiger partial charge in [0.15, 0.2) is 5.75 Å². The Morgan fingerprint density at radius 1 is 1.56 bits per heavy atom. The predicted molar refractivity (Wildman–Crippen MR) is 63.7 cm³/mol. The Kier molecular flexibility index (Phi) is 4.22. The van der Waals surface area contributed by atoms with E-state index in [0.29, 0.717) is 0 Å². The second kappa shape index (κ2) is 5.89. The highest BCUT2D eigenvalue weighted by molar-refractivity contribution is 5.11. The maximum absolute atomic E-state index is 5.61. The van der Waals surface area contributed by atoms with Crippen LogP contribution >= 0.6 is 0 Å². The molecule has 1 aliphatic carbocycles. The summed E-state index contributed by atoms with van der Waals surface area (Å²) in [5.74, 6) is 0.889. The van der Waals surface area contributed by atoms with Crippen LogP contribution in [0.25, 0.3) is 0 Å². The van der Waals surface area contributed by atoms with Crippen LogP contribution in [-0.4, -0.2) is 29.0 Å². The maximum Gasteiger partial charge on any atom is 0.157 e. The smallest absolute Gasteiger partial charge is 0.157 e. The number of hydrogen-bond donors (Lipinski definition) is 1. The second-order valence-corrected chi connectivity index (χ2v) is 4.37. The monoisotopic (exact) mass is 223 g/mol. The van der Waals surface area contributed by atoms with Crippen molar-refractivity contribution in [2.75, 3.05) is 13.2 Å². The van der Waals surface area contributed by atoms with Crippen molar-refractivity contribution in [1.82, 2.24) is 15.1 Å². The molecule has 90 valence electrons. The molecule has 1 aliphatic rings. The Balaban J connectivity index is 1.56. The molecule has 0 bridgehead atoms. The van der Waals surface area contributed by atoms with Gasteiger partial charge in [-0.1, -0.05) is 6.92 Å². The van der Waals surface area contributed by atoms with Gasteiger partial charge in [-0.05, 0) is 32.2 Å². The fourth-order valence-corrected chi connectivity index (χ4v) is 1.63. The average molecular weight is 223 g/mol. The Morgan fingerprint density at radius 3 is 3.19 bits per heavy atom. The molecule has 1 fully saturated rings. The first-order chi connectivity index (χ1) is 7.88. The largest absolute Gasteiger partial charge is 0.490 e. The lowest BCUT2D eigenvalue weighted by Gasteiger charge is -2.04. The van der Waals surface area contributed by atoms with Gasteiger partial charge in [0.25, 0.3) is 0 Å². The lowest BCUT2D eigenvalue weighted by Crippen LogP contribution is -2.19. The van der Waals surface area contributed by atoms with Gasteiger partial charge >= 0.3 is 0 Å². The molecule has 16 heavy (non-hydrogen) atoms. The van der Waals surface area contributed by atoms with Crippen molar-refractivity contribution < 1.29 is 4.74 Å². The van der Waals surface area contributed by atoms with Crippen LogP contribution in [0.1, 0.15) is 32.6 Å². The predicted octanol–water partition coefficient (Wildman–Crippen LogP) is 1.81.